The molecule has 0 radical (unpaired) electrons. The van der Waals surface area contributed by atoms with Crippen molar-refractivity contribution in [3.63, 3.8) is 0 Å². The minimum Gasteiger partial charge on any atom is -0.481 e. The normalized spacial score (nSPS) is 18.5. The zero-order valence-electron chi connectivity index (χ0n) is 16.6. The molecule has 2 heterocycles. The fraction of sp³-hybridized carbons (Fsp3) is 0.381. The van der Waals surface area contributed by atoms with Crippen molar-refractivity contribution < 1.29 is 22.7 Å². The number of halogens is 2. The van der Waals surface area contributed by atoms with Crippen LogP contribution in [0.3, 0.4) is 0 Å². The predicted octanol–water partition coefficient (Wildman–Crippen LogP) is 3.27. The third-order valence-corrected chi connectivity index (χ3v) is 5.26. The first-order valence-electron chi connectivity index (χ1n) is 10.0. The monoisotopic (exact) mass is 429 g/mol. The van der Waals surface area contributed by atoms with Crippen LogP contribution in [-0.4, -0.2) is 39.2 Å². The third kappa shape index (κ3) is 5.39. The van der Waals surface area contributed by atoms with Gasteiger partial charge in [0.2, 0.25) is 5.89 Å². The van der Waals surface area contributed by atoms with E-state index in [9.17, 15) is 13.6 Å². The largest absolute Gasteiger partial charge is 0.481 e. The quantitative estimate of drug-likeness (QED) is 0.615. The van der Waals surface area contributed by atoms with Crippen LogP contribution in [0.15, 0.2) is 41.2 Å². The van der Waals surface area contributed by atoms with E-state index in [1.54, 1.807) is 18.6 Å². The van der Waals surface area contributed by atoms with E-state index in [0.29, 0.717) is 36.0 Å². The molecule has 0 aliphatic heterocycles. The summed E-state index contributed by atoms with van der Waals surface area (Å²) in [5, 5.41) is 11.0. The maximum atomic E-state index is 13.5. The van der Waals surface area contributed by atoms with Crippen molar-refractivity contribution in [2.75, 3.05) is 13.2 Å². The van der Waals surface area contributed by atoms with E-state index in [2.05, 4.69) is 25.5 Å². The van der Waals surface area contributed by atoms with E-state index in [0.717, 1.165) is 37.8 Å². The van der Waals surface area contributed by atoms with Crippen LogP contribution >= 0.6 is 0 Å². The van der Waals surface area contributed by atoms with E-state index in [-0.39, 0.29) is 24.2 Å². The van der Waals surface area contributed by atoms with Crippen LogP contribution in [0.1, 0.15) is 37.5 Å². The number of hydrogen-bond acceptors (Lipinski definition) is 7. The molecule has 0 bridgehead atoms. The summed E-state index contributed by atoms with van der Waals surface area (Å²) >= 11 is 0. The average Bonchev–Trinajstić information content (AvgIpc) is 3.28. The summed E-state index contributed by atoms with van der Waals surface area (Å²) in [7, 11) is 0. The Labute approximate surface area is 177 Å². The van der Waals surface area contributed by atoms with Gasteiger partial charge in [-0.25, -0.2) is 13.8 Å². The van der Waals surface area contributed by atoms with Crippen LogP contribution in [0.5, 0.6) is 5.75 Å². The number of aromatic nitrogens is 4. The molecule has 8 nitrogen and oxygen atoms in total. The second kappa shape index (κ2) is 9.59. The second-order valence-corrected chi connectivity index (χ2v) is 7.42. The highest BCUT2D eigenvalue weighted by Gasteiger charge is 2.27. The molecule has 1 N–H and O–H groups in total. The van der Waals surface area contributed by atoms with Gasteiger partial charge in [0.1, 0.15) is 11.5 Å². The molecule has 1 aromatic carbocycles. The van der Waals surface area contributed by atoms with E-state index in [1.807, 2.05) is 0 Å². The molecular weight excluding hydrogens is 408 g/mol. The number of nitrogens with one attached hydrogen (secondary N) is 1. The highest BCUT2D eigenvalue weighted by atomic mass is 19.1. The van der Waals surface area contributed by atoms with Crippen LogP contribution in [0, 0.1) is 17.6 Å². The number of amides is 1. The van der Waals surface area contributed by atoms with E-state index < -0.39 is 11.6 Å². The molecule has 162 valence electrons. The standard InChI is InChI=1S/C21H21F2N5O3/c22-15-5-6-18(16(23)9-15)30-12-19(29)26-10-13-1-3-14(4-2-13)20-27-28-21(31-20)17-11-24-7-8-25-17/h5-9,11,13-14H,1-4,10,12H2,(H,26,29). The van der Waals surface area contributed by atoms with Gasteiger partial charge in [-0.15, -0.1) is 10.2 Å². The fourth-order valence-corrected chi connectivity index (χ4v) is 3.57. The van der Waals surface area contributed by atoms with Crippen LogP contribution in [0.25, 0.3) is 11.6 Å². The summed E-state index contributed by atoms with van der Waals surface area (Å²) in [6.07, 6.45) is 8.28. The molecule has 0 unspecified atom stereocenters. The van der Waals surface area contributed by atoms with Gasteiger partial charge in [0.15, 0.2) is 18.2 Å². The first kappa shape index (κ1) is 20.8. The average molecular weight is 429 g/mol. The van der Waals surface area contributed by atoms with E-state index >= 15 is 0 Å². The molecular formula is C21H21F2N5O3. The van der Waals surface area contributed by atoms with Gasteiger partial charge in [0.25, 0.3) is 11.8 Å². The number of rotatable bonds is 7. The van der Waals surface area contributed by atoms with E-state index in [1.165, 1.54) is 0 Å². The van der Waals surface area contributed by atoms with Crippen LogP contribution in [0.2, 0.25) is 0 Å². The molecule has 0 saturated heterocycles. The summed E-state index contributed by atoms with van der Waals surface area (Å²) in [5.74, 6) is -0.591. The smallest absolute Gasteiger partial charge is 0.267 e. The Balaban J connectivity index is 1.20. The van der Waals surface area contributed by atoms with Crippen LogP contribution in [0.4, 0.5) is 8.78 Å². The fourth-order valence-electron chi connectivity index (χ4n) is 3.57. The molecule has 0 atom stereocenters. The molecule has 1 amide bonds. The molecule has 1 fully saturated rings. The van der Waals surface area contributed by atoms with Crippen molar-refractivity contribution in [1.82, 2.24) is 25.5 Å². The van der Waals surface area contributed by atoms with Crippen molar-refractivity contribution in [2.45, 2.75) is 31.6 Å². The van der Waals surface area contributed by atoms with Gasteiger partial charge in [0, 0.05) is 30.9 Å². The Hall–Kier alpha value is -3.43. The van der Waals surface area contributed by atoms with Crippen molar-refractivity contribution in [1.29, 1.82) is 0 Å². The maximum Gasteiger partial charge on any atom is 0.267 e. The number of carbonyl (C=O) groups is 1. The SMILES string of the molecule is O=C(COc1ccc(F)cc1F)NCC1CCC(c2nnc(-c3cnccn3)o2)CC1. The highest BCUT2D eigenvalue weighted by molar-refractivity contribution is 5.77. The zero-order chi connectivity index (χ0) is 21.6. The Morgan fingerprint density at radius 2 is 2.00 bits per heavy atom. The number of ether oxygens (including phenoxy) is 1. The van der Waals surface area contributed by atoms with E-state index in [4.69, 9.17) is 9.15 Å². The molecule has 31 heavy (non-hydrogen) atoms. The summed E-state index contributed by atoms with van der Waals surface area (Å²) in [6, 6.07) is 2.95. The Morgan fingerprint density at radius 3 is 2.74 bits per heavy atom. The third-order valence-electron chi connectivity index (χ3n) is 5.26. The number of benzene rings is 1. The van der Waals surface area contributed by atoms with Crippen molar-refractivity contribution in [3.05, 3.63) is 54.3 Å². The Bertz CT molecular complexity index is 1020. The molecule has 1 aliphatic carbocycles. The van der Waals surface area contributed by atoms with Gasteiger partial charge in [-0.05, 0) is 43.7 Å². The molecule has 3 aromatic rings. The van der Waals surface area contributed by atoms with Gasteiger partial charge in [-0.1, -0.05) is 0 Å². The van der Waals surface area contributed by atoms with Crippen LogP contribution in [-0.2, 0) is 4.79 Å². The zero-order valence-corrected chi connectivity index (χ0v) is 16.6. The molecule has 4 rings (SSSR count). The number of carbonyl (C=O) groups excluding carboxylic acids is 1. The lowest BCUT2D eigenvalue weighted by Gasteiger charge is -2.26. The van der Waals surface area contributed by atoms with Gasteiger partial charge in [-0.2, -0.15) is 0 Å². The van der Waals surface area contributed by atoms with Gasteiger partial charge in [-0.3, -0.25) is 9.78 Å². The van der Waals surface area contributed by atoms with Crippen molar-refractivity contribution in [2.24, 2.45) is 5.92 Å². The lowest BCUT2D eigenvalue weighted by atomic mass is 9.82. The number of nitrogens with zero attached hydrogens (tertiary/aromatic N) is 4. The lowest BCUT2D eigenvalue weighted by Crippen LogP contribution is -2.34. The summed E-state index contributed by atoms with van der Waals surface area (Å²) < 4.78 is 37.3. The summed E-state index contributed by atoms with van der Waals surface area (Å²) in [6.45, 7) is 0.181. The first-order valence-corrected chi connectivity index (χ1v) is 10.0. The molecule has 10 heteroatoms. The minimum atomic E-state index is -0.838. The van der Waals surface area contributed by atoms with Crippen LogP contribution < -0.4 is 10.1 Å². The molecule has 2 aromatic heterocycles. The molecule has 1 aliphatic rings. The van der Waals surface area contributed by atoms with Gasteiger partial charge < -0.3 is 14.5 Å². The first-order chi connectivity index (χ1) is 15.1. The maximum absolute atomic E-state index is 13.5. The number of hydrogen-bond donors (Lipinski definition) is 1. The topological polar surface area (TPSA) is 103 Å². The lowest BCUT2D eigenvalue weighted by molar-refractivity contribution is -0.123. The molecule has 1 saturated carbocycles. The second-order valence-electron chi connectivity index (χ2n) is 7.42. The Morgan fingerprint density at radius 1 is 1.16 bits per heavy atom. The van der Waals surface area contributed by atoms with Gasteiger partial charge >= 0.3 is 0 Å². The molecule has 0 spiro atoms. The van der Waals surface area contributed by atoms with Crippen molar-refractivity contribution in [3.8, 4) is 17.3 Å². The summed E-state index contributed by atoms with van der Waals surface area (Å²) in [5.41, 5.74) is 0.542. The highest BCUT2D eigenvalue weighted by Crippen LogP contribution is 2.35. The predicted molar refractivity (Wildman–Crippen MR) is 105 cm³/mol. The minimum absolute atomic E-state index is 0.155. The summed E-state index contributed by atoms with van der Waals surface area (Å²) in [4.78, 5) is 20.1. The van der Waals surface area contributed by atoms with Crippen molar-refractivity contribution >= 4 is 5.91 Å². The Kier molecular flexibility index (Phi) is 6.44. The van der Waals surface area contributed by atoms with Gasteiger partial charge in [0.05, 0.1) is 6.20 Å².